The summed E-state index contributed by atoms with van der Waals surface area (Å²) in [6.07, 6.45) is -3.20. The van der Waals surface area contributed by atoms with E-state index in [4.69, 9.17) is 28.4 Å². The van der Waals surface area contributed by atoms with Gasteiger partial charge in [0.2, 0.25) is 6.10 Å². The maximum atomic E-state index is 12.2. The summed E-state index contributed by atoms with van der Waals surface area (Å²) < 4.78 is 33.7. The molecule has 35 heavy (non-hydrogen) atoms. The van der Waals surface area contributed by atoms with Gasteiger partial charge in [-0.1, -0.05) is 0 Å². The third kappa shape index (κ3) is 8.58. The molecule has 0 amide bonds. The van der Waals surface area contributed by atoms with Crippen LogP contribution in [-0.4, -0.2) is 67.5 Å². The molecule has 1 aromatic rings. The zero-order valence-corrected chi connectivity index (χ0v) is 21.5. The van der Waals surface area contributed by atoms with E-state index in [1.807, 2.05) is 0 Å². The molecule has 0 radical (unpaired) electrons. The molecule has 194 valence electrons. The van der Waals surface area contributed by atoms with Crippen molar-refractivity contribution in [3.05, 3.63) is 30.1 Å². The van der Waals surface area contributed by atoms with Crippen molar-refractivity contribution in [1.82, 2.24) is 0 Å². The Bertz CT molecular complexity index is 938. The van der Waals surface area contributed by atoms with Crippen molar-refractivity contribution in [2.24, 2.45) is 0 Å². The lowest BCUT2D eigenvalue weighted by Gasteiger charge is -2.41. The van der Waals surface area contributed by atoms with Gasteiger partial charge in [-0.25, -0.2) is 4.79 Å². The fourth-order valence-corrected chi connectivity index (χ4v) is 3.43. The highest BCUT2D eigenvalue weighted by Gasteiger charge is 2.56. The van der Waals surface area contributed by atoms with Crippen molar-refractivity contribution in [2.45, 2.75) is 65.3 Å². The van der Waals surface area contributed by atoms with Crippen molar-refractivity contribution in [3.63, 3.8) is 0 Å². The Hall–Kier alpha value is -3.06. The number of aromatic nitrogens is 1. The summed E-state index contributed by atoms with van der Waals surface area (Å²) in [6.45, 7) is 6.07. The first kappa shape index (κ1) is 30.0. The molecule has 1 aromatic heterocycles. The second kappa shape index (κ2) is 13.7. The predicted molar refractivity (Wildman–Crippen MR) is 110 cm³/mol. The van der Waals surface area contributed by atoms with Crippen molar-refractivity contribution in [3.8, 4) is 0 Å². The highest BCUT2D eigenvalue weighted by Crippen LogP contribution is 2.32. The Balaban J connectivity index is 0.00000612. The molecule has 1 fully saturated rings. The van der Waals surface area contributed by atoms with Gasteiger partial charge in [0.05, 0.1) is 6.61 Å². The highest BCUT2D eigenvalue weighted by molar-refractivity contribution is 5.88. The SMILES string of the molecule is CCOC(=O)c1ccc[n+](C2OC(COC(C)=O)C(OC(C)=O)C(OC(C)=O)C2OC(C)=O)c1.[Br-]. The van der Waals surface area contributed by atoms with Crippen LogP contribution in [0.5, 0.6) is 0 Å². The Morgan fingerprint density at radius 2 is 1.43 bits per heavy atom. The molecule has 1 aliphatic heterocycles. The van der Waals surface area contributed by atoms with E-state index in [0.717, 1.165) is 20.8 Å². The van der Waals surface area contributed by atoms with E-state index < -0.39 is 60.5 Å². The van der Waals surface area contributed by atoms with Crippen LogP contribution >= 0.6 is 0 Å². The van der Waals surface area contributed by atoms with Crippen LogP contribution in [0.25, 0.3) is 0 Å². The highest BCUT2D eigenvalue weighted by atomic mass is 79.9. The second-order valence-corrected chi connectivity index (χ2v) is 7.35. The summed E-state index contributed by atoms with van der Waals surface area (Å²) in [7, 11) is 0. The molecule has 5 atom stereocenters. The molecular weight excluding hydrogens is 534 g/mol. The van der Waals surface area contributed by atoms with Crippen molar-refractivity contribution in [1.29, 1.82) is 0 Å². The number of carbonyl (C=O) groups is 5. The first-order chi connectivity index (χ1) is 16.0. The van der Waals surface area contributed by atoms with Crippen LogP contribution in [0.15, 0.2) is 24.5 Å². The summed E-state index contributed by atoms with van der Waals surface area (Å²) in [5.74, 6) is -3.41. The lowest BCUT2D eigenvalue weighted by atomic mass is 9.97. The van der Waals surface area contributed by atoms with Crippen molar-refractivity contribution in [2.75, 3.05) is 13.2 Å². The summed E-state index contributed by atoms with van der Waals surface area (Å²) in [6, 6.07) is 3.06. The van der Waals surface area contributed by atoms with Gasteiger partial charge in [0.25, 0.3) is 0 Å². The van der Waals surface area contributed by atoms with Gasteiger partial charge in [-0.3, -0.25) is 19.2 Å². The third-order valence-corrected chi connectivity index (χ3v) is 4.59. The van der Waals surface area contributed by atoms with Gasteiger partial charge < -0.3 is 45.4 Å². The first-order valence-electron chi connectivity index (χ1n) is 10.5. The Kier molecular flexibility index (Phi) is 11.8. The molecule has 2 heterocycles. The number of ether oxygens (including phenoxy) is 6. The number of rotatable bonds is 8. The van der Waals surface area contributed by atoms with E-state index >= 15 is 0 Å². The van der Waals surface area contributed by atoms with Gasteiger partial charge in [0, 0.05) is 33.8 Å². The van der Waals surface area contributed by atoms with Crippen LogP contribution < -0.4 is 21.5 Å². The Morgan fingerprint density at radius 3 is 1.97 bits per heavy atom. The Labute approximate surface area is 212 Å². The fraction of sp³-hybridized carbons (Fsp3) is 0.545. The van der Waals surface area contributed by atoms with Gasteiger partial charge in [-0.15, -0.1) is 0 Å². The lowest BCUT2D eigenvalue weighted by molar-refractivity contribution is -0.777. The second-order valence-electron chi connectivity index (χ2n) is 7.35. The van der Waals surface area contributed by atoms with Crippen LogP contribution in [0.4, 0.5) is 0 Å². The van der Waals surface area contributed by atoms with Crippen LogP contribution in [-0.2, 0) is 47.6 Å². The summed E-state index contributed by atoms with van der Waals surface area (Å²) in [5.41, 5.74) is 0.178. The molecule has 0 saturated carbocycles. The molecule has 0 bridgehead atoms. The molecule has 0 aromatic carbocycles. The molecule has 2 rings (SSSR count). The molecule has 1 aliphatic rings. The minimum Gasteiger partial charge on any atom is -1.00 e. The average molecular weight is 562 g/mol. The average Bonchev–Trinajstić information content (AvgIpc) is 2.74. The summed E-state index contributed by atoms with van der Waals surface area (Å²) in [4.78, 5) is 59.3. The van der Waals surface area contributed by atoms with E-state index in [1.165, 1.54) is 30.0 Å². The third-order valence-electron chi connectivity index (χ3n) is 4.59. The lowest BCUT2D eigenvalue weighted by Crippen LogP contribution is -3.00. The van der Waals surface area contributed by atoms with Crippen LogP contribution in [0.1, 0.15) is 51.2 Å². The molecular formula is C22H28BrNO11. The molecule has 12 nitrogen and oxygen atoms in total. The minimum absolute atomic E-state index is 0. The number of hydrogen-bond acceptors (Lipinski definition) is 11. The van der Waals surface area contributed by atoms with Crippen LogP contribution in [0.3, 0.4) is 0 Å². The van der Waals surface area contributed by atoms with E-state index in [0.29, 0.717) is 0 Å². The van der Waals surface area contributed by atoms with Crippen LogP contribution in [0, 0.1) is 0 Å². The van der Waals surface area contributed by atoms with Gasteiger partial charge >= 0.3 is 36.1 Å². The zero-order chi connectivity index (χ0) is 25.4. The Morgan fingerprint density at radius 1 is 0.857 bits per heavy atom. The summed E-state index contributed by atoms with van der Waals surface area (Å²) >= 11 is 0. The molecule has 0 aliphatic carbocycles. The molecule has 0 N–H and O–H groups in total. The summed E-state index contributed by atoms with van der Waals surface area (Å²) in [5, 5.41) is 0. The number of esters is 5. The van der Waals surface area contributed by atoms with E-state index in [2.05, 4.69) is 0 Å². The maximum absolute atomic E-state index is 12.2. The van der Waals surface area contributed by atoms with Gasteiger partial charge in [-0.05, 0) is 13.0 Å². The first-order valence-corrected chi connectivity index (χ1v) is 10.5. The number of nitrogens with zero attached hydrogens (tertiary/aromatic N) is 1. The quantitative estimate of drug-likeness (QED) is 0.187. The normalized spacial score (nSPS) is 23.2. The van der Waals surface area contributed by atoms with Gasteiger partial charge in [0.1, 0.15) is 18.3 Å². The fourth-order valence-electron chi connectivity index (χ4n) is 3.43. The number of halogens is 1. The minimum atomic E-state index is -1.32. The number of carbonyl (C=O) groups excluding carboxylic acids is 5. The van der Waals surface area contributed by atoms with Crippen LogP contribution in [0.2, 0.25) is 0 Å². The molecule has 5 unspecified atom stereocenters. The van der Waals surface area contributed by atoms with E-state index in [1.54, 1.807) is 13.0 Å². The van der Waals surface area contributed by atoms with Crippen molar-refractivity contribution >= 4 is 29.8 Å². The van der Waals surface area contributed by atoms with Crippen molar-refractivity contribution < 1.29 is 73.9 Å². The number of hydrogen-bond donors (Lipinski definition) is 0. The molecule has 1 saturated heterocycles. The zero-order valence-electron chi connectivity index (χ0n) is 19.9. The van der Waals surface area contributed by atoms with E-state index in [9.17, 15) is 24.0 Å². The standard InChI is InChI=1S/C22H28NO11.BrH/c1-6-29-22(28)16-8-7-9-23(10-16)21-20(33-15(5)27)19(32-14(4)26)18(31-13(3)25)17(34-21)11-30-12(2)24;/h7-10,17-21H,6,11H2,1-5H3;1H/q+1;/p-1. The van der Waals surface area contributed by atoms with Gasteiger partial charge in [0.15, 0.2) is 24.6 Å². The topological polar surface area (TPSA) is 145 Å². The monoisotopic (exact) mass is 561 g/mol. The largest absolute Gasteiger partial charge is 1.00 e. The predicted octanol–water partition coefficient (Wildman–Crippen LogP) is -2.59. The molecule has 0 spiro atoms. The maximum Gasteiger partial charge on any atom is 0.344 e. The van der Waals surface area contributed by atoms with E-state index in [-0.39, 0.29) is 35.8 Å². The smallest absolute Gasteiger partial charge is 0.344 e. The number of pyridine rings is 1. The van der Waals surface area contributed by atoms with Gasteiger partial charge in [-0.2, -0.15) is 4.57 Å². The molecule has 13 heteroatoms.